The molecule has 1 aromatic rings. The van der Waals surface area contributed by atoms with Crippen LogP contribution in [0.4, 0.5) is 8.78 Å². The Morgan fingerprint density at radius 3 is 2.68 bits per heavy atom. The van der Waals surface area contributed by atoms with Crippen molar-refractivity contribution in [1.82, 2.24) is 5.32 Å². The minimum atomic E-state index is -1.23. The fourth-order valence-electron chi connectivity index (χ4n) is 2.24. The van der Waals surface area contributed by atoms with Crippen LogP contribution in [0.3, 0.4) is 0 Å². The first kappa shape index (κ1) is 13.2. The molecule has 1 heterocycles. The largest absolute Gasteiger partial charge is 0.478 e. The number of carboxylic acids is 1. The molecule has 0 aliphatic carbocycles. The zero-order valence-corrected chi connectivity index (χ0v) is 10.0. The topological polar surface area (TPSA) is 66.4 Å². The number of halogens is 2. The monoisotopic (exact) mass is 267 g/mol. The van der Waals surface area contributed by atoms with Crippen molar-refractivity contribution in [1.29, 1.82) is 0 Å². The quantitative estimate of drug-likeness (QED) is 0.860. The highest BCUT2D eigenvalue weighted by molar-refractivity contribution is 5.94. The second kappa shape index (κ2) is 4.79. The number of amides is 1. The summed E-state index contributed by atoms with van der Waals surface area (Å²) in [7, 11) is 0. The molecule has 1 atom stereocenters. The molecule has 0 saturated carbocycles. The summed E-state index contributed by atoms with van der Waals surface area (Å²) in [6.45, 7) is 1.44. The van der Waals surface area contributed by atoms with E-state index in [1.54, 1.807) is 0 Å². The molecule has 1 aliphatic rings. The van der Waals surface area contributed by atoms with Crippen molar-refractivity contribution < 1.29 is 23.5 Å². The third-order valence-electron chi connectivity index (χ3n) is 3.04. The maximum absolute atomic E-state index is 13.7. The number of carboxylic acid groups (broad SMARTS) is 1. The number of carbonyl (C=O) groups excluding carboxylic acids is 1. The van der Waals surface area contributed by atoms with Gasteiger partial charge in [0, 0.05) is 24.1 Å². The van der Waals surface area contributed by atoms with E-state index in [1.807, 2.05) is 0 Å². The zero-order valence-electron chi connectivity index (χ0n) is 10.0. The van der Waals surface area contributed by atoms with E-state index < -0.39 is 29.4 Å². The van der Waals surface area contributed by atoms with Crippen LogP contribution in [-0.2, 0) is 9.59 Å². The van der Waals surface area contributed by atoms with Gasteiger partial charge in [-0.2, -0.15) is 0 Å². The van der Waals surface area contributed by atoms with Crippen LogP contribution >= 0.6 is 0 Å². The van der Waals surface area contributed by atoms with E-state index in [9.17, 15) is 18.4 Å². The summed E-state index contributed by atoms with van der Waals surface area (Å²) in [5.41, 5.74) is 0.107. The number of nitrogens with one attached hydrogen (secondary N) is 1. The molecule has 4 nitrogen and oxygen atoms in total. The fourth-order valence-corrected chi connectivity index (χ4v) is 2.24. The van der Waals surface area contributed by atoms with E-state index in [1.165, 1.54) is 13.0 Å². The van der Waals surface area contributed by atoms with Crippen LogP contribution in [-0.4, -0.2) is 17.0 Å². The summed E-state index contributed by atoms with van der Waals surface area (Å²) in [5.74, 6) is -4.14. The molecule has 1 aromatic carbocycles. The standard InChI is InChI=1S/C13H11F2NO3/c1-6-12(13(18)19)9(5-11(17)16-6)8-3-2-7(14)4-10(8)15/h2-4,9H,5H2,1H3,(H,16,17)(H,18,19)/t9-/m1/s1. The SMILES string of the molecule is CC1=C(C(=O)O)[C@@H](c2ccc(F)cc2F)CC(=O)N1. The third kappa shape index (κ3) is 2.47. The molecule has 2 N–H and O–H groups in total. The highest BCUT2D eigenvalue weighted by atomic mass is 19.1. The maximum Gasteiger partial charge on any atom is 0.333 e. The first-order chi connectivity index (χ1) is 8.90. The number of hydrogen-bond acceptors (Lipinski definition) is 2. The Balaban J connectivity index is 2.55. The Bertz CT molecular complexity index is 596. The minimum Gasteiger partial charge on any atom is -0.478 e. The van der Waals surface area contributed by atoms with E-state index >= 15 is 0 Å². The van der Waals surface area contributed by atoms with Crippen LogP contribution in [0.1, 0.15) is 24.8 Å². The van der Waals surface area contributed by atoms with E-state index in [4.69, 9.17) is 5.11 Å². The molecule has 1 aliphatic heterocycles. The average molecular weight is 267 g/mol. The molecular formula is C13H11F2NO3. The summed E-state index contributed by atoms with van der Waals surface area (Å²) in [5, 5.41) is 11.6. The number of carbonyl (C=O) groups is 2. The molecule has 0 saturated heterocycles. The lowest BCUT2D eigenvalue weighted by Crippen LogP contribution is -2.33. The van der Waals surface area contributed by atoms with Crippen LogP contribution in [0.5, 0.6) is 0 Å². The van der Waals surface area contributed by atoms with E-state index in [0.29, 0.717) is 6.07 Å². The molecule has 0 spiro atoms. The van der Waals surface area contributed by atoms with Crippen molar-refractivity contribution in [3.63, 3.8) is 0 Å². The summed E-state index contributed by atoms with van der Waals surface area (Å²) < 4.78 is 26.6. The predicted molar refractivity (Wildman–Crippen MR) is 62.2 cm³/mol. The van der Waals surface area contributed by atoms with Crippen molar-refractivity contribution in [2.24, 2.45) is 0 Å². The second-order valence-electron chi connectivity index (χ2n) is 4.31. The fraction of sp³-hybridized carbons (Fsp3) is 0.231. The van der Waals surface area contributed by atoms with Crippen molar-refractivity contribution in [3.05, 3.63) is 46.7 Å². The summed E-state index contributed by atoms with van der Waals surface area (Å²) in [6, 6.07) is 2.89. The van der Waals surface area contributed by atoms with Gasteiger partial charge in [0.15, 0.2) is 0 Å². The van der Waals surface area contributed by atoms with Crippen molar-refractivity contribution in [2.75, 3.05) is 0 Å². The van der Waals surface area contributed by atoms with Gasteiger partial charge < -0.3 is 10.4 Å². The van der Waals surface area contributed by atoms with Gasteiger partial charge in [-0.15, -0.1) is 0 Å². The lowest BCUT2D eigenvalue weighted by molar-refractivity contribution is -0.133. The van der Waals surface area contributed by atoms with Crippen molar-refractivity contribution in [2.45, 2.75) is 19.3 Å². The van der Waals surface area contributed by atoms with Crippen LogP contribution in [0.2, 0.25) is 0 Å². The highest BCUT2D eigenvalue weighted by Crippen LogP contribution is 2.34. The van der Waals surface area contributed by atoms with Gasteiger partial charge in [-0.3, -0.25) is 4.79 Å². The smallest absolute Gasteiger partial charge is 0.333 e. The Labute approximate surface area is 107 Å². The molecule has 0 aromatic heterocycles. The number of rotatable bonds is 2. The third-order valence-corrected chi connectivity index (χ3v) is 3.04. The lowest BCUT2D eigenvalue weighted by Gasteiger charge is -2.25. The van der Waals surface area contributed by atoms with E-state index in [-0.39, 0.29) is 23.3 Å². The first-order valence-corrected chi connectivity index (χ1v) is 5.59. The van der Waals surface area contributed by atoms with Crippen LogP contribution < -0.4 is 5.32 Å². The van der Waals surface area contributed by atoms with E-state index in [0.717, 1.165) is 6.07 Å². The summed E-state index contributed by atoms with van der Waals surface area (Å²) in [6.07, 6.45) is -0.179. The highest BCUT2D eigenvalue weighted by Gasteiger charge is 2.33. The Kier molecular flexibility index (Phi) is 3.33. The van der Waals surface area contributed by atoms with Crippen LogP contribution in [0.15, 0.2) is 29.5 Å². The van der Waals surface area contributed by atoms with Gasteiger partial charge in [0.05, 0.1) is 5.57 Å². The predicted octanol–water partition coefficient (Wildman–Crippen LogP) is 1.93. The zero-order chi connectivity index (χ0) is 14.2. The number of allylic oxidation sites excluding steroid dienone is 1. The average Bonchev–Trinajstić information content (AvgIpc) is 2.26. The molecule has 19 heavy (non-hydrogen) atoms. The Hall–Kier alpha value is -2.24. The molecule has 6 heteroatoms. The van der Waals surface area contributed by atoms with Gasteiger partial charge >= 0.3 is 5.97 Å². The molecule has 1 amide bonds. The molecule has 100 valence electrons. The number of hydrogen-bond donors (Lipinski definition) is 2. The van der Waals surface area contributed by atoms with Gasteiger partial charge in [0.2, 0.25) is 5.91 Å². The molecule has 2 rings (SSSR count). The minimum absolute atomic E-state index is 0.00741. The second-order valence-corrected chi connectivity index (χ2v) is 4.31. The molecule has 0 fully saturated rings. The maximum atomic E-state index is 13.7. The van der Waals surface area contributed by atoms with Crippen molar-refractivity contribution >= 4 is 11.9 Å². The van der Waals surface area contributed by atoms with Gasteiger partial charge in [-0.1, -0.05) is 6.07 Å². The summed E-state index contributed by atoms with van der Waals surface area (Å²) >= 11 is 0. The summed E-state index contributed by atoms with van der Waals surface area (Å²) in [4.78, 5) is 22.7. The van der Waals surface area contributed by atoms with Crippen LogP contribution in [0.25, 0.3) is 0 Å². The normalized spacial score (nSPS) is 19.3. The first-order valence-electron chi connectivity index (χ1n) is 5.59. The Morgan fingerprint density at radius 1 is 1.42 bits per heavy atom. The van der Waals surface area contributed by atoms with Gasteiger partial charge in [0.1, 0.15) is 11.6 Å². The van der Waals surface area contributed by atoms with Gasteiger partial charge in [0.25, 0.3) is 0 Å². The lowest BCUT2D eigenvalue weighted by atomic mass is 9.84. The van der Waals surface area contributed by atoms with Crippen molar-refractivity contribution in [3.8, 4) is 0 Å². The van der Waals surface area contributed by atoms with Gasteiger partial charge in [-0.25, -0.2) is 13.6 Å². The number of benzene rings is 1. The molecule has 0 bridgehead atoms. The molecule has 0 unspecified atom stereocenters. The van der Waals surface area contributed by atoms with E-state index in [2.05, 4.69) is 5.32 Å². The molecule has 0 radical (unpaired) electrons. The Morgan fingerprint density at radius 2 is 2.11 bits per heavy atom. The number of aliphatic carboxylic acids is 1. The van der Waals surface area contributed by atoms with Crippen LogP contribution in [0, 0.1) is 11.6 Å². The van der Waals surface area contributed by atoms with Gasteiger partial charge in [-0.05, 0) is 18.6 Å². The molecular weight excluding hydrogens is 256 g/mol.